The Bertz CT molecular complexity index is 955. The molecule has 0 aliphatic carbocycles. The number of anilines is 1. The first-order valence-electron chi connectivity index (χ1n) is 6.39. The molecule has 112 valence electrons. The molecule has 7 heteroatoms. The number of imidazole rings is 1. The molecule has 1 heterocycles. The summed E-state index contributed by atoms with van der Waals surface area (Å²) in [5.41, 5.74) is 6.66. The standard InChI is InChI=1S/C15H11ClFN3O2/c1-7-5-12-11(6-10(7)18)19-15(22)20(12)14(21)13-8(16)3-2-4-9(13)17/h2-6H,18H2,1H3,(H,19,22). The van der Waals surface area contributed by atoms with Gasteiger partial charge < -0.3 is 10.7 Å². The van der Waals surface area contributed by atoms with Gasteiger partial charge in [0.1, 0.15) is 5.82 Å². The zero-order valence-corrected chi connectivity index (χ0v) is 12.2. The number of carbonyl (C=O) groups excluding carboxylic acids is 1. The predicted molar refractivity (Wildman–Crippen MR) is 82.8 cm³/mol. The molecule has 0 unspecified atom stereocenters. The molecule has 3 N–H and O–H groups in total. The van der Waals surface area contributed by atoms with E-state index in [0.29, 0.717) is 22.3 Å². The number of fused-ring (bicyclic) bond motifs is 1. The molecule has 0 amide bonds. The number of nitrogens with two attached hydrogens (primary N) is 1. The van der Waals surface area contributed by atoms with E-state index in [4.69, 9.17) is 17.3 Å². The number of carbonyl (C=O) groups is 1. The summed E-state index contributed by atoms with van der Waals surface area (Å²) in [7, 11) is 0. The van der Waals surface area contributed by atoms with Crippen LogP contribution in [0, 0.1) is 12.7 Å². The Balaban J connectivity index is 2.31. The van der Waals surface area contributed by atoms with Gasteiger partial charge in [-0.3, -0.25) is 4.79 Å². The third kappa shape index (κ3) is 2.08. The molecule has 0 aliphatic rings. The summed E-state index contributed by atoms with van der Waals surface area (Å²) in [6.45, 7) is 1.75. The second kappa shape index (κ2) is 4.99. The summed E-state index contributed by atoms with van der Waals surface area (Å²) in [6, 6.07) is 7.04. The van der Waals surface area contributed by atoms with E-state index in [9.17, 15) is 14.0 Å². The summed E-state index contributed by atoms with van der Waals surface area (Å²) < 4.78 is 14.8. The molecule has 0 fully saturated rings. The average Bonchev–Trinajstić information content (AvgIpc) is 2.74. The van der Waals surface area contributed by atoms with Crippen LogP contribution in [0.15, 0.2) is 35.1 Å². The third-order valence-electron chi connectivity index (χ3n) is 3.45. The lowest BCUT2D eigenvalue weighted by molar-refractivity contribution is 0.0957. The molecule has 2 aromatic carbocycles. The van der Waals surface area contributed by atoms with Gasteiger partial charge in [0.15, 0.2) is 0 Å². The van der Waals surface area contributed by atoms with Crippen LogP contribution in [-0.4, -0.2) is 15.5 Å². The molecule has 0 radical (unpaired) electrons. The lowest BCUT2D eigenvalue weighted by Crippen LogP contribution is -2.25. The molecule has 0 spiro atoms. The van der Waals surface area contributed by atoms with E-state index in [2.05, 4.69) is 4.98 Å². The molecule has 22 heavy (non-hydrogen) atoms. The molecule has 3 aromatic rings. The zero-order valence-electron chi connectivity index (χ0n) is 11.5. The Morgan fingerprint density at radius 3 is 2.77 bits per heavy atom. The minimum atomic E-state index is -0.830. The van der Waals surface area contributed by atoms with Crippen molar-refractivity contribution in [2.24, 2.45) is 0 Å². The molecule has 0 bridgehead atoms. The highest BCUT2D eigenvalue weighted by molar-refractivity contribution is 6.34. The topological polar surface area (TPSA) is 80.9 Å². The van der Waals surface area contributed by atoms with Gasteiger partial charge in [0.2, 0.25) is 0 Å². The van der Waals surface area contributed by atoms with Crippen LogP contribution >= 0.6 is 11.6 Å². The average molecular weight is 320 g/mol. The van der Waals surface area contributed by atoms with E-state index < -0.39 is 17.4 Å². The van der Waals surface area contributed by atoms with Crippen molar-refractivity contribution in [3.8, 4) is 0 Å². The van der Waals surface area contributed by atoms with Gasteiger partial charge in [0, 0.05) is 5.69 Å². The number of nitrogens with one attached hydrogen (secondary N) is 1. The van der Waals surface area contributed by atoms with Crippen molar-refractivity contribution >= 4 is 34.2 Å². The monoisotopic (exact) mass is 319 g/mol. The van der Waals surface area contributed by atoms with E-state index in [1.54, 1.807) is 19.1 Å². The fourth-order valence-corrected chi connectivity index (χ4v) is 2.53. The second-order valence-electron chi connectivity index (χ2n) is 4.89. The van der Waals surface area contributed by atoms with E-state index in [-0.39, 0.29) is 10.6 Å². The lowest BCUT2D eigenvalue weighted by atomic mass is 10.1. The van der Waals surface area contributed by atoms with E-state index in [0.717, 1.165) is 10.6 Å². The molecule has 0 atom stereocenters. The van der Waals surface area contributed by atoms with Crippen molar-refractivity contribution in [3.63, 3.8) is 0 Å². The van der Waals surface area contributed by atoms with Crippen molar-refractivity contribution in [1.82, 2.24) is 9.55 Å². The SMILES string of the molecule is Cc1cc2c(cc1N)[nH]c(=O)n2C(=O)c1c(F)cccc1Cl. The van der Waals surface area contributed by atoms with Gasteiger partial charge in [-0.15, -0.1) is 0 Å². The molecule has 0 saturated heterocycles. The first-order valence-corrected chi connectivity index (χ1v) is 6.77. The number of hydrogen-bond acceptors (Lipinski definition) is 3. The number of nitrogens with zero attached hydrogens (tertiary/aromatic N) is 1. The Morgan fingerprint density at radius 1 is 1.36 bits per heavy atom. The molecule has 0 saturated carbocycles. The van der Waals surface area contributed by atoms with Gasteiger partial charge in [-0.25, -0.2) is 13.8 Å². The van der Waals surface area contributed by atoms with Crippen LogP contribution in [-0.2, 0) is 0 Å². The summed E-state index contributed by atoms with van der Waals surface area (Å²) in [4.78, 5) is 27.2. The molecule has 0 aliphatic heterocycles. The quantitative estimate of drug-likeness (QED) is 0.677. The minimum absolute atomic E-state index is 0.0570. The molecule has 3 rings (SSSR count). The number of hydrogen-bond donors (Lipinski definition) is 2. The van der Waals surface area contributed by atoms with Crippen molar-refractivity contribution in [1.29, 1.82) is 0 Å². The second-order valence-corrected chi connectivity index (χ2v) is 5.30. The number of halogens is 2. The highest BCUT2D eigenvalue weighted by Gasteiger charge is 2.22. The van der Waals surface area contributed by atoms with Gasteiger partial charge in [-0.2, -0.15) is 0 Å². The van der Waals surface area contributed by atoms with Crippen LogP contribution in [0.1, 0.15) is 15.9 Å². The fourth-order valence-electron chi connectivity index (χ4n) is 2.29. The summed E-state index contributed by atoms with van der Waals surface area (Å²) in [6.07, 6.45) is 0. The van der Waals surface area contributed by atoms with Crippen LogP contribution in [0.2, 0.25) is 5.02 Å². The Kier molecular flexibility index (Phi) is 3.26. The van der Waals surface area contributed by atoms with E-state index >= 15 is 0 Å². The van der Waals surface area contributed by atoms with Crippen molar-refractivity contribution < 1.29 is 9.18 Å². The first-order chi connectivity index (χ1) is 10.4. The number of aryl methyl sites for hydroxylation is 1. The van der Waals surface area contributed by atoms with Crippen molar-refractivity contribution in [2.75, 3.05) is 5.73 Å². The number of aromatic nitrogens is 2. The number of benzene rings is 2. The molecular formula is C15H11ClFN3O2. The van der Waals surface area contributed by atoms with Gasteiger partial charge in [0.05, 0.1) is 21.6 Å². The summed E-state index contributed by atoms with van der Waals surface area (Å²) in [5, 5.41) is -0.0570. The zero-order chi connectivity index (χ0) is 16.0. The maximum absolute atomic E-state index is 13.9. The maximum atomic E-state index is 13.9. The normalized spacial score (nSPS) is 11.0. The summed E-state index contributed by atoms with van der Waals surface area (Å²) in [5.74, 6) is -1.62. The smallest absolute Gasteiger partial charge is 0.333 e. The van der Waals surface area contributed by atoms with Crippen LogP contribution < -0.4 is 11.4 Å². The molecule has 1 aromatic heterocycles. The minimum Gasteiger partial charge on any atom is -0.398 e. The van der Waals surface area contributed by atoms with Crippen LogP contribution in [0.4, 0.5) is 10.1 Å². The molecule has 5 nitrogen and oxygen atoms in total. The predicted octanol–water partition coefficient (Wildman–Crippen LogP) is 2.70. The van der Waals surface area contributed by atoms with Gasteiger partial charge >= 0.3 is 5.69 Å². The van der Waals surface area contributed by atoms with Crippen molar-refractivity contribution in [3.05, 3.63) is 62.8 Å². The third-order valence-corrected chi connectivity index (χ3v) is 3.76. The van der Waals surface area contributed by atoms with Gasteiger partial charge in [-0.05, 0) is 36.8 Å². The number of rotatable bonds is 1. The van der Waals surface area contributed by atoms with Crippen molar-refractivity contribution in [2.45, 2.75) is 6.92 Å². The maximum Gasteiger partial charge on any atom is 0.333 e. The fraction of sp³-hybridized carbons (Fsp3) is 0.0667. The Morgan fingerprint density at radius 2 is 2.09 bits per heavy atom. The first kappa shape index (κ1) is 14.3. The van der Waals surface area contributed by atoms with Crippen LogP contribution in [0.3, 0.4) is 0 Å². The van der Waals surface area contributed by atoms with Crippen LogP contribution in [0.25, 0.3) is 11.0 Å². The highest BCUT2D eigenvalue weighted by atomic mass is 35.5. The van der Waals surface area contributed by atoms with E-state index in [1.807, 2.05) is 0 Å². The lowest BCUT2D eigenvalue weighted by Gasteiger charge is -2.07. The number of aromatic amines is 1. The largest absolute Gasteiger partial charge is 0.398 e. The summed E-state index contributed by atoms with van der Waals surface area (Å²) >= 11 is 5.89. The molecular weight excluding hydrogens is 309 g/mol. The Hall–Kier alpha value is -2.60. The number of nitrogen functional groups attached to an aromatic ring is 1. The van der Waals surface area contributed by atoms with E-state index in [1.165, 1.54) is 12.1 Å². The highest BCUT2D eigenvalue weighted by Crippen LogP contribution is 2.23. The van der Waals surface area contributed by atoms with Crippen LogP contribution in [0.5, 0.6) is 0 Å². The number of H-pyrrole nitrogens is 1. The Labute approximate surface area is 129 Å². The van der Waals surface area contributed by atoms with Gasteiger partial charge in [0.25, 0.3) is 5.91 Å². The van der Waals surface area contributed by atoms with Gasteiger partial charge in [-0.1, -0.05) is 17.7 Å².